The van der Waals surface area contributed by atoms with Crippen molar-refractivity contribution in [1.29, 1.82) is 0 Å². The largest absolute Gasteiger partial charge is 0.462 e. The first kappa shape index (κ1) is 39.4. The molecule has 0 N–H and O–H groups in total. The maximum absolute atomic E-state index is 12.5. The topological polar surface area (TPSA) is 78.9 Å². The Labute approximate surface area is 253 Å². The zero-order valence-corrected chi connectivity index (χ0v) is 27.7. The van der Waals surface area contributed by atoms with E-state index in [2.05, 4.69) is 34.6 Å². The fraction of sp³-hybridized carbons (Fsp3) is 0.914. The van der Waals surface area contributed by atoms with Crippen molar-refractivity contribution in [2.75, 3.05) is 13.2 Å². The molecule has 242 valence electrons. The van der Waals surface area contributed by atoms with Gasteiger partial charge in [0, 0.05) is 19.3 Å². The van der Waals surface area contributed by atoms with Gasteiger partial charge in [-0.3, -0.25) is 14.4 Å². The van der Waals surface area contributed by atoms with Gasteiger partial charge in [-0.2, -0.15) is 0 Å². The van der Waals surface area contributed by atoms with Crippen molar-refractivity contribution in [2.24, 2.45) is 11.8 Å². The Hall–Kier alpha value is -1.59. The van der Waals surface area contributed by atoms with E-state index in [1.165, 1.54) is 57.8 Å². The Kier molecular flexibility index (Phi) is 27.4. The summed E-state index contributed by atoms with van der Waals surface area (Å²) in [6.07, 6.45) is 21.5. The van der Waals surface area contributed by atoms with E-state index < -0.39 is 6.10 Å². The summed E-state index contributed by atoms with van der Waals surface area (Å²) in [6, 6.07) is 0. The molecule has 0 amide bonds. The van der Waals surface area contributed by atoms with Crippen LogP contribution in [0.1, 0.15) is 176 Å². The number of rotatable bonds is 29. The smallest absolute Gasteiger partial charge is 0.306 e. The van der Waals surface area contributed by atoms with Gasteiger partial charge in [-0.1, -0.05) is 137 Å². The monoisotopic (exact) mass is 582 g/mol. The van der Waals surface area contributed by atoms with Gasteiger partial charge in [-0.05, 0) is 31.1 Å². The van der Waals surface area contributed by atoms with Crippen LogP contribution >= 0.6 is 0 Å². The Balaban J connectivity index is 4.35. The van der Waals surface area contributed by atoms with Crippen molar-refractivity contribution < 1.29 is 28.6 Å². The van der Waals surface area contributed by atoms with Crippen LogP contribution in [-0.2, 0) is 28.6 Å². The molecular formula is C35H66O6. The zero-order chi connectivity index (χ0) is 30.6. The van der Waals surface area contributed by atoms with E-state index in [0.717, 1.165) is 76.0 Å². The van der Waals surface area contributed by atoms with E-state index in [0.29, 0.717) is 19.3 Å². The summed E-state index contributed by atoms with van der Waals surface area (Å²) < 4.78 is 16.4. The van der Waals surface area contributed by atoms with Crippen LogP contribution in [0, 0.1) is 11.8 Å². The molecule has 0 heterocycles. The van der Waals surface area contributed by atoms with Crippen LogP contribution in [0.2, 0.25) is 0 Å². The van der Waals surface area contributed by atoms with Gasteiger partial charge in [0.05, 0.1) is 0 Å². The van der Waals surface area contributed by atoms with Gasteiger partial charge in [-0.25, -0.2) is 0 Å². The lowest BCUT2D eigenvalue weighted by atomic mass is 10.0. The number of carbonyl (C=O) groups excluding carboxylic acids is 3. The van der Waals surface area contributed by atoms with E-state index in [1.807, 2.05) is 0 Å². The van der Waals surface area contributed by atoms with Crippen LogP contribution in [0.25, 0.3) is 0 Å². The van der Waals surface area contributed by atoms with Crippen molar-refractivity contribution in [2.45, 2.75) is 182 Å². The number of hydrogen-bond donors (Lipinski definition) is 0. The minimum atomic E-state index is -0.757. The van der Waals surface area contributed by atoms with E-state index in [9.17, 15) is 14.4 Å². The molecule has 0 aromatic rings. The second-order valence-electron chi connectivity index (χ2n) is 12.7. The summed E-state index contributed by atoms with van der Waals surface area (Å²) in [5.74, 6) is 0.627. The lowest BCUT2D eigenvalue weighted by Gasteiger charge is -2.18. The molecule has 0 aromatic heterocycles. The fourth-order valence-electron chi connectivity index (χ4n) is 4.81. The third kappa shape index (κ3) is 29.7. The highest BCUT2D eigenvalue weighted by molar-refractivity contribution is 5.71. The number of hydrogen-bond acceptors (Lipinski definition) is 6. The average molecular weight is 583 g/mol. The van der Waals surface area contributed by atoms with E-state index in [-0.39, 0.29) is 31.1 Å². The van der Waals surface area contributed by atoms with Gasteiger partial charge in [0.2, 0.25) is 0 Å². The van der Waals surface area contributed by atoms with Gasteiger partial charge >= 0.3 is 17.9 Å². The van der Waals surface area contributed by atoms with E-state index in [1.54, 1.807) is 0 Å². The number of ether oxygens (including phenoxy) is 3. The van der Waals surface area contributed by atoms with Crippen LogP contribution in [0.5, 0.6) is 0 Å². The van der Waals surface area contributed by atoms with Gasteiger partial charge in [0.1, 0.15) is 13.2 Å². The third-order valence-electron chi connectivity index (χ3n) is 7.47. The van der Waals surface area contributed by atoms with Crippen LogP contribution in [0.4, 0.5) is 0 Å². The number of esters is 3. The van der Waals surface area contributed by atoms with Gasteiger partial charge < -0.3 is 14.2 Å². The first-order valence-corrected chi connectivity index (χ1v) is 17.2. The molecule has 0 saturated heterocycles. The van der Waals surface area contributed by atoms with Crippen molar-refractivity contribution in [3.63, 3.8) is 0 Å². The third-order valence-corrected chi connectivity index (χ3v) is 7.47. The zero-order valence-electron chi connectivity index (χ0n) is 27.7. The van der Waals surface area contributed by atoms with Crippen molar-refractivity contribution in [3.05, 3.63) is 0 Å². The summed E-state index contributed by atoms with van der Waals surface area (Å²) in [4.78, 5) is 37.0. The highest BCUT2D eigenvalue weighted by Gasteiger charge is 2.19. The van der Waals surface area contributed by atoms with Crippen LogP contribution in [-0.4, -0.2) is 37.2 Å². The van der Waals surface area contributed by atoms with Crippen LogP contribution in [0.3, 0.4) is 0 Å². The Morgan fingerprint density at radius 2 is 0.805 bits per heavy atom. The van der Waals surface area contributed by atoms with Crippen molar-refractivity contribution >= 4 is 17.9 Å². The summed E-state index contributed by atoms with van der Waals surface area (Å²) >= 11 is 0. The summed E-state index contributed by atoms with van der Waals surface area (Å²) in [6.45, 7) is 11.0. The fourth-order valence-corrected chi connectivity index (χ4v) is 4.81. The maximum Gasteiger partial charge on any atom is 0.306 e. The molecule has 0 aliphatic rings. The molecule has 6 nitrogen and oxygen atoms in total. The highest BCUT2D eigenvalue weighted by atomic mass is 16.6. The maximum atomic E-state index is 12.5. The quantitative estimate of drug-likeness (QED) is 0.0496. The lowest BCUT2D eigenvalue weighted by Crippen LogP contribution is -2.30. The van der Waals surface area contributed by atoms with Gasteiger partial charge in [0.25, 0.3) is 0 Å². The SMILES string of the molecule is CCCCCCCC(=O)OC[C@@H](COC(=O)CCCCCCCCC(C)C)OC(=O)CCCCCCCCC(C)C. The predicted molar refractivity (Wildman–Crippen MR) is 169 cm³/mol. The highest BCUT2D eigenvalue weighted by Crippen LogP contribution is 2.14. The standard InChI is InChI=1S/C35H66O6/c1-6-7-8-13-20-25-33(36)39-28-32(41-35(38)27-22-17-12-10-15-19-24-31(4)5)29-40-34(37)26-21-16-11-9-14-18-23-30(2)3/h30-32H,6-29H2,1-5H3/t32-/m0/s1. The minimum absolute atomic E-state index is 0.0700. The molecule has 41 heavy (non-hydrogen) atoms. The molecule has 0 bridgehead atoms. The molecule has 0 aliphatic heterocycles. The molecule has 0 unspecified atom stereocenters. The number of carbonyl (C=O) groups is 3. The molecule has 0 aliphatic carbocycles. The minimum Gasteiger partial charge on any atom is -0.462 e. The van der Waals surface area contributed by atoms with Crippen LogP contribution < -0.4 is 0 Å². The molecule has 0 radical (unpaired) electrons. The van der Waals surface area contributed by atoms with E-state index >= 15 is 0 Å². The molecule has 1 atom stereocenters. The first-order chi connectivity index (χ1) is 19.7. The lowest BCUT2D eigenvalue weighted by molar-refractivity contribution is -0.167. The molecule has 0 saturated carbocycles. The van der Waals surface area contributed by atoms with Gasteiger partial charge in [0.15, 0.2) is 6.10 Å². The second kappa shape index (κ2) is 28.5. The normalized spacial score (nSPS) is 12.1. The van der Waals surface area contributed by atoms with Crippen molar-refractivity contribution in [1.82, 2.24) is 0 Å². The Bertz CT molecular complexity index is 630. The van der Waals surface area contributed by atoms with Crippen molar-refractivity contribution in [3.8, 4) is 0 Å². The summed E-state index contributed by atoms with van der Waals surface area (Å²) in [7, 11) is 0. The molecule has 0 spiro atoms. The Morgan fingerprint density at radius 1 is 0.463 bits per heavy atom. The predicted octanol–water partition coefficient (Wildman–Crippen LogP) is 9.90. The summed E-state index contributed by atoms with van der Waals surface area (Å²) in [5, 5.41) is 0. The molecular weight excluding hydrogens is 516 g/mol. The van der Waals surface area contributed by atoms with Gasteiger partial charge in [-0.15, -0.1) is 0 Å². The molecule has 0 rings (SSSR count). The molecule has 0 aromatic carbocycles. The average Bonchev–Trinajstić information content (AvgIpc) is 2.92. The van der Waals surface area contributed by atoms with E-state index in [4.69, 9.17) is 14.2 Å². The molecule has 0 fully saturated rings. The first-order valence-electron chi connectivity index (χ1n) is 17.2. The number of unbranched alkanes of at least 4 members (excludes halogenated alkanes) is 14. The summed E-state index contributed by atoms with van der Waals surface area (Å²) in [5.41, 5.74) is 0. The molecule has 6 heteroatoms. The Morgan fingerprint density at radius 3 is 1.20 bits per heavy atom. The van der Waals surface area contributed by atoms with Crippen LogP contribution in [0.15, 0.2) is 0 Å². The second-order valence-corrected chi connectivity index (χ2v) is 12.7.